The molecule has 0 saturated carbocycles. The summed E-state index contributed by atoms with van der Waals surface area (Å²) in [5.74, 6) is -0.864. The van der Waals surface area contributed by atoms with Crippen molar-refractivity contribution in [1.82, 2.24) is 14.2 Å². The van der Waals surface area contributed by atoms with Gasteiger partial charge >= 0.3 is 17.6 Å². The van der Waals surface area contributed by atoms with Gasteiger partial charge < -0.3 is 37.8 Å². The van der Waals surface area contributed by atoms with E-state index in [1.807, 2.05) is 111 Å². The summed E-state index contributed by atoms with van der Waals surface area (Å²) in [6, 6.07) is 27.3. The van der Waals surface area contributed by atoms with Gasteiger partial charge in [-0.3, -0.25) is 23.9 Å². The number of nitrogens with zero attached hydrogens (tertiary/aromatic N) is 3. The lowest BCUT2D eigenvalue weighted by Crippen LogP contribution is -2.44. The van der Waals surface area contributed by atoms with Gasteiger partial charge in [-0.15, -0.1) is 0 Å². The Balaban J connectivity index is 1.70. The van der Waals surface area contributed by atoms with Crippen molar-refractivity contribution < 1.29 is 47.4 Å². The molecule has 1 saturated heterocycles. The predicted octanol–water partition coefficient (Wildman–Crippen LogP) is 5.90. The lowest BCUT2D eigenvalue weighted by Gasteiger charge is -2.39. The molecule has 1 aromatic heterocycles. The average molecular weight is 847 g/mol. The minimum absolute atomic E-state index is 0.0187. The Hall–Kier alpha value is -5.40. The van der Waals surface area contributed by atoms with E-state index in [9.17, 15) is 29.5 Å². The van der Waals surface area contributed by atoms with Crippen molar-refractivity contribution in [1.29, 1.82) is 5.26 Å². The highest BCUT2D eigenvalue weighted by Gasteiger charge is 2.53. The van der Waals surface area contributed by atoms with Crippen LogP contribution in [-0.2, 0) is 38.4 Å². The third-order valence-electron chi connectivity index (χ3n) is 9.73. The number of esters is 1. The van der Waals surface area contributed by atoms with Crippen LogP contribution in [0.15, 0.2) is 101 Å². The van der Waals surface area contributed by atoms with Gasteiger partial charge in [0.05, 0.1) is 52.8 Å². The number of H-pyrrole nitrogens is 1. The summed E-state index contributed by atoms with van der Waals surface area (Å²) in [4.78, 5) is 52.8. The van der Waals surface area contributed by atoms with Crippen LogP contribution < -0.4 is 20.7 Å². The van der Waals surface area contributed by atoms with E-state index in [1.165, 1.54) is 6.20 Å². The van der Waals surface area contributed by atoms with E-state index in [4.69, 9.17) is 32.7 Å². The smallest absolute Gasteiger partial charge is 0.330 e. The van der Waals surface area contributed by atoms with Gasteiger partial charge in [-0.2, -0.15) is 5.26 Å². The van der Waals surface area contributed by atoms with Crippen LogP contribution >= 0.6 is 8.53 Å². The fraction of sp³-hybridized carbons (Fsp3) is 0.419. The van der Waals surface area contributed by atoms with E-state index >= 15 is 0 Å². The van der Waals surface area contributed by atoms with Gasteiger partial charge in [0.15, 0.2) is 12.3 Å². The first-order chi connectivity index (χ1) is 28.8. The van der Waals surface area contributed by atoms with Gasteiger partial charge in [0, 0.05) is 24.3 Å². The highest BCUT2D eigenvalue weighted by atomic mass is 31.2. The zero-order valence-corrected chi connectivity index (χ0v) is 35.3. The monoisotopic (exact) mass is 846 g/mol. The van der Waals surface area contributed by atoms with Gasteiger partial charge in [-0.25, -0.2) is 9.46 Å². The quantitative estimate of drug-likeness (QED) is 0.0435. The zero-order chi connectivity index (χ0) is 43.4. The number of methoxy groups -OCH3 is 2. The Morgan fingerprint density at radius 2 is 1.47 bits per heavy atom. The van der Waals surface area contributed by atoms with E-state index in [0.29, 0.717) is 22.6 Å². The summed E-state index contributed by atoms with van der Waals surface area (Å²) in [6.07, 6.45) is -4.86. The first kappa shape index (κ1) is 45.7. The van der Waals surface area contributed by atoms with Gasteiger partial charge in [0.25, 0.3) is 14.1 Å². The van der Waals surface area contributed by atoms with Crippen LogP contribution in [0.3, 0.4) is 0 Å². The van der Waals surface area contributed by atoms with E-state index in [0.717, 1.165) is 16.2 Å². The third kappa shape index (κ3) is 10.9. The standard InChI is InChI=1S/C43H51N4O12P/c1-28(2)47(29(3)4)60(56-26-10-24-44)59-39-35(57-41(46-25-23-36(48)45-42(46)52)40(39)58-38(51)22-21-37(49)50)27-55-43(30-11-8-7-9-12-30,31-13-17-33(53-5)18-14-31)32-15-19-34(54-6)20-16-32/h7-9,11-20,23,25,28-29,35,39-41H,10,21-22,26-27H2,1-6H3,(H,49,50)(H,45,48,52)/t35-,39-,40+,41-,60?/m1/s1. The summed E-state index contributed by atoms with van der Waals surface area (Å²) in [6.45, 7) is 7.61. The molecule has 2 N–H and O–H groups in total. The molecular formula is C43H51N4O12P. The Morgan fingerprint density at radius 1 is 0.883 bits per heavy atom. The van der Waals surface area contributed by atoms with Gasteiger partial charge in [0.1, 0.15) is 29.3 Å². The van der Waals surface area contributed by atoms with E-state index < -0.39 is 74.7 Å². The third-order valence-corrected chi connectivity index (χ3v) is 11.9. The van der Waals surface area contributed by atoms with Crippen molar-refractivity contribution in [2.24, 2.45) is 0 Å². The summed E-state index contributed by atoms with van der Waals surface area (Å²) in [5.41, 5.74) is -0.671. The number of carboxylic acids is 1. The highest BCUT2D eigenvalue weighted by molar-refractivity contribution is 7.44. The zero-order valence-electron chi connectivity index (χ0n) is 34.4. The highest BCUT2D eigenvalue weighted by Crippen LogP contribution is 2.51. The number of carboxylic acid groups (broad SMARTS) is 1. The molecule has 5 atom stereocenters. The first-order valence-corrected chi connectivity index (χ1v) is 20.6. The molecule has 0 radical (unpaired) electrons. The van der Waals surface area contributed by atoms with Crippen molar-refractivity contribution in [2.45, 2.75) is 89.2 Å². The number of rotatable bonds is 21. The topological polar surface area (TPSA) is 201 Å². The minimum atomic E-state index is -2.02. The number of nitrogens with one attached hydrogen (secondary N) is 1. The number of hydrogen-bond acceptors (Lipinski definition) is 13. The molecule has 4 aromatic rings. The van der Waals surface area contributed by atoms with Gasteiger partial charge in [0.2, 0.25) is 0 Å². The van der Waals surface area contributed by atoms with E-state index in [-0.39, 0.29) is 31.7 Å². The average Bonchev–Trinajstić information content (AvgIpc) is 3.56. The molecule has 320 valence electrons. The van der Waals surface area contributed by atoms with Crippen LogP contribution in [0, 0.1) is 11.3 Å². The first-order valence-electron chi connectivity index (χ1n) is 19.4. The Kier molecular flexibility index (Phi) is 16.2. The molecular weight excluding hydrogens is 795 g/mol. The van der Waals surface area contributed by atoms with Gasteiger partial charge in [-0.05, 0) is 68.7 Å². The molecule has 3 aromatic carbocycles. The second-order valence-corrected chi connectivity index (χ2v) is 15.8. The molecule has 1 fully saturated rings. The molecule has 0 amide bonds. The van der Waals surface area contributed by atoms with Crippen LogP contribution in [0.5, 0.6) is 11.5 Å². The lowest BCUT2D eigenvalue weighted by molar-refractivity contribution is -0.160. The number of aliphatic carboxylic acids is 1. The van der Waals surface area contributed by atoms with Crippen LogP contribution in [0.4, 0.5) is 0 Å². The second kappa shape index (κ2) is 21.2. The van der Waals surface area contributed by atoms with Crippen LogP contribution in [0.2, 0.25) is 0 Å². The summed E-state index contributed by atoms with van der Waals surface area (Å²) in [5, 5.41) is 18.8. The molecule has 0 bridgehead atoms. The van der Waals surface area contributed by atoms with Crippen molar-refractivity contribution in [3.63, 3.8) is 0 Å². The van der Waals surface area contributed by atoms with Crippen molar-refractivity contribution in [2.75, 3.05) is 27.4 Å². The summed E-state index contributed by atoms with van der Waals surface area (Å²) in [7, 11) is 1.13. The maximum absolute atomic E-state index is 13.4. The van der Waals surface area contributed by atoms with Crippen molar-refractivity contribution in [3.05, 3.63) is 129 Å². The number of aromatic nitrogens is 2. The number of benzene rings is 3. The molecule has 1 aliphatic heterocycles. The Labute approximate surface area is 349 Å². The molecule has 0 aliphatic carbocycles. The summed E-state index contributed by atoms with van der Waals surface area (Å²) >= 11 is 0. The lowest BCUT2D eigenvalue weighted by atomic mass is 9.80. The number of carbonyl (C=O) groups is 2. The maximum atomic E-state index is 13.4. The largest absolute Gasteiger partial charge is 0.497 e. The number of hydrogen-bond donors (Lipinski definition) is 2. The molecule has 2 heterocycles. The molecule has 5 rings (SSSR count). The maximum Gasteiger partial charge on any atom is 0.330 e. The number of nitriles is 1. The number of ether oxygens (including phenoxy) is 5. The molecule has 1 unspecified atom stereocenters. The molecule has 17 heteroatoms. The van der Waals surface area contributed by atoms with E-state index in [2.05, 4.69) is 11.1 Å². The van der Waals surface area contributed by atoms with Crippen LogP contribution in [0.25, 0.3) is 0 Å². The SMILES string of the molecule is COc1ccc(C(OC[C@H]2O[C@@H](n3ccc(=O)[nH]c3=O)[C@@H](OC(=O)CCC(=O)O)[C@@H]2OP(OCCC#N)N(C(C)C)C(C)C)(c2ccccc2)c2ccc(OC)cc2)cc1. The Bertz CT molecular complexity index is 2120. The van der Waals surface area contributed by atoms with Crippen LogP contribution in [0.1, 0.15) is 69.9 Å². The van der Waals surface area contributed by atoms with Gasteiger partial charge in [-0.1, -0.05) is 54.6 Å². The van der Waals surface area contributed by atoms with Crippen molar-refractivity contribution in [3.8, 4) is 17.6 Å². The minimum Gasteiger partial charge on any atom is -0.497 e. The fourth-order valence-corrected chi connectivity index (χ4v) is 8.81. The molecule has 0 spiro atoms. The Morgan fingerprint density at radius 3 is 1.98 bits per heavy atom. The number of carbonyl (C=O) groups excluding carboxylic acids is 1. The summed E-state index contributed by atoms with van der Waals surface area (Å²) < 4.78 is 47.1. The molecule has 16 nitrogen and oxygen atoms in total. The second-order valence-electron chi connectivity index (χ2n) is 14.4. The molecule has 60 heavy (non-hydrogen) atoms. The predicted molar refractivity (Wildman–Crippen MR) is 220 cm³/mol. The van der Waals surface area contributed by atoms with Crippen molar-refractivity contribution >= 4 is 20.5 Å². The fourth-order valence-electron chi connectivity index (χ4n) is 7.05. The molecule has 1 aliphatic rings. The normalized spacial score (nSPS) is 18.3. The van der Waals surface area contributed by atoms with E-state index in [1.54, 1.807) is 14.2 Å². The van der Waals surface area contributed by atoms with Crippen LogP contribution in [-0.4, -0.2) is 89.1 Å². The number of aromatic amines is 1.